The number of aromatic carboxylic acids is 1. The van der Waals surface area contributed by atoms with E-state index in [1.54, 1.807) is 27.7 Å². The molecule has 0 aliphatic rings. The SMILES string of the molecule is C/C(=C/C(=O)Nc1cc(C(=O)NNC(=O)OC(C)(C)C)ccc1C(=O)O)c1ccc2ccccc2c1. The molecule has 9 heteroatoms. The fourth-order valence-electron chi connectivity index (χ4n) is 3.34. The van der Waals surface area contributed by atoms with E-state index in [4.69, 9.17) is 4.74 Å². The lowest BCUT2D eigenvalue weighted by Gasteiger charge is -2.19. The molecule has 0 aromatic heterocycles. The average molecular weight is 490 g/mol. The Hall–Kier alpha value is -4.66. The second-order valence-corrected chi connectivity index (χ2v) is 9.03. The zero-order valence-electron chi connectivity index (χ0n) is 20.3. The van der Waals surface area contributed by atoms with Crippen molar-refractivity contribution in [1.82, 2.24) is 10.9 Å². The number of hydrogen-bond donors (Lipinski definition) is 4. The number of allylic oxidation sites excluding steroid dienone is 1. The van der Waals surface area contributed by atoms with E-state index in [1.807, 2.05) is 42.5 Å². The number of ether oxygens (including phenoxy) is 1. The van der Waals surface area contributed by atoms with Gasteiger partial charge < -0.3 is 15.2 Å². The van der Waals surface area contributed by atoms with Crippen molar-refractivity contribution < 1.29 is 29.0 Å². The Bertz CT molecular complexity index is 1370. The quantitative estimate of drug-likeness (QED) is 0.302. The molecule has 3 amide bonds. The van der Waals surface area contributed by atoms with Gasteiger partial charge in [-0.15, -0.1) is 0 Å². The minimum atomic E-state index is -1.28. The van der Waals surface area contributed by atoms with Crippen molar-refractivity contribution in [3.63, 3.8) is 0 Å². The molecule has 0 saturated carbocycles. The lowest BCUT2D eigenvalue weighted by Crippen LogP contribution is -2.44. The summed E-state index contributed by atoms with van der Waals surface area (Å²) in [5, 5.41) is 14.1. The number of nitrogens with one attached hydrogen (secondary N) is 3. The molecule has 0 atom stereocenters. The number of carbonyl (C=O) groups is 4. The molecule has 186 valence electrons. The summed E-state index contributed by atoms with van der Waals surface area (Å²) in [5.41, 5.74) is 4.80. The minimum Gasteiger partial charge on any atom is -0.478 e. The van der Waals surface area contributed by atoms with Crippen LogP contribution in [0.4, 0.5) is 10.5 Å². The van der Waals surface area contributed by atoms with Crippen LogP contribution in [0.1, 0.15) is 54.0 Å². The van der Waals surface area contributed by atoms with Crippen LogP contribution < -0.4 is 16.2 Å². The number of fused-ring (bicyclic) bond motifs is 1. The fraction of sp³-hybridized carbons (Fsp3) is 0.185. The van der Waals surface area contributed by atoms with Gasteiger partial charge in [0.25, 0.3) is 5.91 Å². The molecule has 9 nitrogen and oxygen atoms in total. The zero-order chi connectivity index (χ0) is 26.5. The molecule has 0 aliphatic carbocycles. The molecule has 0 fully saturated rings. The molecule has 0 aliphatic heterocycles. The van der Waals surface area contributed by atoms with Crippen molar-refractivity contribution >= 4 is 45.9 Å². The van der Waals surface area contributed by atoms with Gasteiger partial charge in [0.2, 0.25) is 5.91 Å². The first-order valence-corrected chi connectivity index (χ1v) is 11.1. The molecule has 4 N–H and O–H groups in total. The molecule has 3 rings (SSSR count). The summed E-state index contributed by atoms with van der Waals surface area (Å²) < 4.78 is 5.04. The number of carboxylic acids is 1. The highest BCUT2D eigenvalue weighted by molar-refractivity contribution is 6.08. The van der Waals surface area contributed by atoms with E-state index >= 15 is 0 Å². The van der Waals surface area contributed by atoms with Crippen LogP contribution in [0.25, 0.3) is 16.3 Å². The second-order valence-electron chi connectivity index (χ2n) is 9.03. The van der Waals surface area contributed by atoms with E-state index in [1.165, 1.54) is 24.3 Å². The maximum absolute atomic E-state index is 12.7. The van der Waals surface area contributed by atoms with Crippen LogP contribution in [-0.2, 0) is 9.53 Å². The van der Waals surface area contributed by atoms with E-state index in [0.29, 0.717) is 5.57 Å². The maximum atomic E-state index is 12.7. The standard InChI is InChI=1S/C27H27N3O6/c1-16(18-10-9-17-7-5-6-8-19(17)14-18)13-23(31)28-22-15-20(11-12-21(22)25(33)34)24(32)29-30-26(35)36-27(2,3)4/h5-15H,1-4H3,(H,28,31)(H,29,32)(H,30,35)(H,33,34)/b16-13-. The zero-order valence-corrected chi connectivity index (χ0v) is 20.3. The van der Waals surface area contributed by atoms with Gasteiger partial charge in [-0.2, -0.15) is 0 Å². The molecule has 36 heavy (non-hydrogen) atoms. The Kier molecular flexibility index (Phi) is 7.73. The third-order valence-electron chi connectivity index (χ3n) is 5.00. The monoisotopic (exact) mass is 489 g/mol. The molecular formula is C27H27N3O6. The Morgan fingerprint density at radius 3 is 2.19 bits per heavy atom. The third kappa shape index (κ3) is 6.92. The van der Waals surface area contributed by atoms with Gasteiger partial charge in [0, 0.05) is 11.6 Å². The number of benzene rings is 3. The fourth-order valence-corrected chi connectivity index (χ4v) is 3.34. The number of carboxylic acid groups (broad SMARTS) is 1. The summed E-state index contributed by atoms with van der Waals surface area (Å²) in [7, 11) is 0. The van der Waals surface area contributed by atoms with Gasteiger partial charge in [0.05, 0.1) is 11.3 Å². The maximum Gasteiger partial charge on any atom is 0.426 e. The van der Waals surface area contributed by atoms with Gasteiger partial charge in [-0.05, 0) is 73.9 Å². The van der Waals surface area contributed by atoms with Crippen molar-refractivity contribution in [2.45, 2.75) is 33.3 Å². The van der Waals surface area contributed by atoms with Crippen LogP contribution >= 0.6 is 0 Å². The minimum absolute atomic E-state index is 0.0154. The van der Waals surface area contributed by atoms with Crippen LogP contribution in [0.15, 0.2) is 66.7 Å². The smallest absolute Gasteiger partial charge is 0.426 e. The highest BCUT2D eigenvalue weighted by Crippen LogP contribution is 2.22. The number of anilines is 1. The van der Waals surface area contributed by atoms with Crippen molar-refractivity contribution in [1.29, 1.82) is 0 Å². The molecular weight excluding hydrogens is 462 g/mol. The number of hydrazine groups is 1. The summed E-state index contributed by atoms with van der Waals surface area (Å²) in [6.07, 6.45) is 0.493. The van der Waals surface area contributed by atoms with Crippen molar-refractivity contribution in [3.05, 3.63) is 83.4 Å². The van der Waals surface area contributed by atoms with Gasteiger partial charge in [0.1, 0.15) is 5.60 Å². The third-order valence-corrected chi connectivity index (χ3v) is 5.00. The molecule has 3 aromatic rings. The normalized spacial score (nSPS) is 11.5. The molecule has 0 saturated heterocycles. The summed E-state index contributed by atoms with van der Waals surface area (Å²) in [6.45, 7) is 6.78. The first-order valence-electron chi connectivity index (χ1n) is 11.1. The van der Waals surface area contributed by atoms with Gasteiger partial charge in [-0.25, -0.2) is 15.0 Å². The predicted octanol–water partition coefficient (Wildman–Crippen LogP) is 4.75. The van der Waals surface area contributed by atoms with E-state index in [9.17, 15) is 24.3 Å². The predicted molar refractivity (Wildman–Crippen MR) is 136 cm³/mol. The van der Waals surface area contributed by atoms with Gasteiger partial charge >= 0.3 is 12.1 Å². The molecule has 3 aromatic carbocycles. The number of hydrogen-bond acceptors (Lipinski definition) is 5. The largest absolute Gasteiger partial charge is 0.478 e. The molecule has 0 radical (unpaired) electrons. The van der Waals surface area contributed by atoms with Crippen LogP contribution in [-0.4, -0.2) is 34.6 Å². The number of rotatable bonds is 5. The van der Waals surface area contributed by atoms with Gasteiger partial charge in [-0.3, -0.25) is 15.0 Å². The van der Waals surface area contributed by atoms with E-state index in [-0.39, 0.29) is 16.8 Å². The molecule has 0 heterocycles. The summed E-state index contributed by atoms with van der Waals surface area (Å²) >= 11 is 0. The molecule has 0 bridgehead atoms. The lowest BCUT2D eigenvalue weighted by molar-refractivity contribution is -0.111. The van der Waals surface area contributed by atoms with E-state index in [2.05, 4.69) is 16.2 Å². The van der Waals surface area contributed by atoms with Crippen LogP contribution in [0.2, 0.25) is 0 Å². The highest BCUT2D eigenvalue weighted by atomic mass is 16.6. The van der Waals surface area contributed by atoms with Crippen LogP contribution in [0.3, 0.4) is 0 Å². The van der Waals surface area contributed by atoms with Crippen molar-refractivity contribution in [2.75, 3.05) is 5.32 Å². The highest BCUT2D eigenvalue weighted by Gasteiger charge is 2.18. The number of carbonyl (C=O) groups excluding carboxylic acids is 3. The Balaban J connectivity index is 1.77. The Labute approximate surface area is 208 Å². The lowest BCUT2D eigenvalue weighted by atomic mass is 10.0. The van der Waals surface area contributed by atoms with Crippen molar-refractivity contribution in [3.8, 4) is 0 Å². The van der Waals surface area contributed by atoms with Crippen LogP contribution in [0.5, 0.6) is 0 Å². The Morgan fingerprint density at radius 2 is 1.53 bits per heavy atom. The number of amides is 3. The van der Waals surface area contributed by atoms with Gasteiger partial charge in [-0.1, -0.05) is 36.4 Å². The van der Waals surface area contributed by atoms with E-state index in [0.717, 1.165) is 16.3 Å². The van der Waals surface area contributed by atoms with Crippen molar-refractivity contribution in [2.24, 2.45) is 0 Å². The average Bonchev–Trinajstić information content (AvgIpc) is 2.80. The summed E-state index contributed by atoms with van der Waals surface area (Å²) in [6, 6.07) is 17.3. The molecule has 0 spiro atoms. The first-order chi connectivity index (χ1) is 16.9. The topological polar surface area (TPSA) is 134 Å². The molecule has 0 unspecified atom stereocenters. The van der Waals surface area contributed by atoms with Gasteiger partial charge in [0.15, 0.2) is 0 Å². The Morgan fingerprint density at radius 1 is 0.861 bits per heavy atom. The van der Waals surface area contributed by atoms with E-state index < -0.39 is 29.5 Å². The summed E-state index contributed by atoms with van der Waals surface area (Å²) in [5.74, 6) is -2.57. The first kappa shape index (κ1) is 26.0. The summed E-state index contributed by atoms with van der Waals surface area (Å²) in [4.78, 5) is 48.6. The van der Waals surface area contributed by atoms with Crippen LogP contribution in [0, 0.1) is 0 Å². The second kappa shape index (κ2) is 10.7.